The third-order valence-electron chi connectivity index (χ3n) is 5.65. The summed E-state index contributed by atoms with van der Waals surface area (Å²) in [5, 5.41) is 12.3. The maximum Gasteiger partial charge on any atom is 0.323 e. The highest BCUT2D eigenvalue weighted by atomic mass is 32.2. The molecule has 0 saturated carbocycles. The molecule has 0 bridgehead atoms. The molecule has 1 aromatic carbocycles. The predicted octanol–water partition coefficient (Wildman–Crippen LogP) is 3.88. The third kappa shape index (κ3) is 6.89. The standard InChI is InChI=1S/C25H36N4O4S/c1-7-29-21(14-17(16-26)23(31)33-8-2)34-20(22(29)30)12-13-27-18-10-9-11-19(15-18)28(6)24(32)25(3,4)5/h9-11,15,17,20-21,27H,7-8,12-14H2,1-6H3. The van der Waals surface area contributed by atoms with Gasteiger partial charge in [0.1, 0.15) is 5.92 Å². The van der Waals surface area contributed by atoms with Crippen molar-refractivity contribution < 1.29 is 19.1 Å². The first-order chi connectivity index (χ1) is 16.0. The number of hydrogen-bond acceptors (Lipinski definition) is 7. The Hall–Kier alpha value is -2.73. The molecule has 1 saturated heterocycles. The third-order valence-corrected chi connectivity index (χ3v) is 7.17. The van der Waals surface area contributed by atoms with E-state index in [0.29, 0.717) is 19.5 Å². The highest BCUT2D eigenvalue weighted by Gasteiger charge is 2.41. The summed E-state index contributed by atoms with van der Waals surface area (Å²) in [6.07, 6.45) is 0.869. The van der Waals surface area contributed by atoms with Gasteiger partial charge in [0.15, 0.2) is 0 Å². The quantitative estimate of drug-likeness (QED) is 0.499. The SMILES string of the molecule is CCOC(=O)C(C#N)CC1SC(CCNc2cccc(N(C)C(=O)C(C)(C)C)c2)C(=O)N1CC. The zero-order valence-electron chi connectivity index (χ0n) is 21.0. The summed E-state index contributed by atoms with van der Waals surface area (Å²) in [6.45, 7) is 10.6. The maximum atomic E-state index is 12.9. The van der Waals surface area contributed by atoms with Crippen LogP contribution in [0.3, 0.4) is 0 Å². The van der Waals surface area contributed by atoms with E-state index in [9.17, 15) is 19.6 Å². The van der Waals surface area contributed by atoms with E-state index in [1.165, 1.54) is 11.8 Å². The van der Waals surface area contributed by atoms with Crippen LogP contribution in [0.1, 0.15) is 47.5 Å². The molecule has 0 aromatic heterocycles. The number of thioether (sulfide) groups is 1. The van der Waals surface area contributed by atoms with Gasteiger partial charge >= 0.3 is 5.97 Å². The maximum absolute atomic E-state index is 12.9. The van der Waals surface area contributed by atoms with Gasteiger partial charge in [-0.05, 0) is 38.5 Å². The predicted molar refractivity (Wildman–Crippen MR) is 135 cm³/mol. The van der Waals surface area contributed by atoms with Crippen LogP contribution in [-0.2, 0) is 19.1 Å². The zero-order valence-corrected chi connectivity index (χ0v) is 21.8. The van der Waals surface area contributed by atoms with Crippen LogP contribution in [0.15, 0.2) is 24.3 Å². The van der Waals surface area contributed by atoms with E-state index in [4.69, 9.17) is 4.74 Å². The van der Waals surface area contributed by atoms with Crippen molar-refractivity contribution in [3.8, 4) is 6.07 Å². The number of hydrogen-bond donors (Lipinski definition) is 1. The van der Waals surface area contributed by atoms with Gasteiger partial charge in [0.25, 0.3) is 0 Å². The Morgan fingerprint density at radius 1 is 1.32 bits per heavy atom. The van der Waals surface area contributed by atoms with Crippen molar-refractivity contribution in [2.24, 2.45) is 11.3 Å². The molecule has 2 rings (SSSR count). The molecule has 9 heteroatoms. The van der Waals surface area contributed by atoms with Crippen molar-refractivity contribution in [2.45, 2.75) is 58.1 Å². The van der Waals surface area contributed by atoms with Gasteiger partial charge in [0, 0.05) is 43.3 Å². The van der Waals surface area contributed by atoms with E-state index in [1.54, 1.807) is 23.8 Å². The Bertz CT molecular complexity index is 924. The van der Waals surface area contributed by atoms with E-state index >= 15 is 0 Å². The van der Waals surface area contributed by atoms with Gasteiger partial charge in [-0.15, -0.1) is 11.8 Å². The fraction of sp³-hybridized carbons (Fsp3) is 0.600. The number of nitriles is 1. The average molecular weight is 489 g/mol. The molecular weight excluding hydrogens is 452 g/mol. The van der Waals surface area contributed by atoms with Crippen molar-refractivity contribution >= 4 is 40.9 Å². The Morgan fingerprint density at radius 3 is 2.62 bits per heavy atom. The largest absolute Gasteiger partial charge is 0.465 e. The van der Waals surface area contributed by atoms with E-state index < -0.39 is 17.3 Å². The van der Waals surface area contributed by atoms with Gasteiger partial charge in [-0.1, -0.05) is 26.8 Å². The van der Waals surface area contributed by atoms with Crippen molar-refractivity contribution in [3.05, 3.63) is 24.3 Å². The van der Waals surface area contributed by atoms with Crippen LogP contribution in [0.2, 0.25) is 0 Å². The van der Waals surface area contributed by atoms with E-state index in [2.05, 4.69) is 5.32 Å². The van der Waals surface area contributed by atoms with Crippen LogP contribution in [0.25, 0.3) is 0 Å². The van der Waals surface area contributed by atoms with Gasteiger partial charge in [0.05, 0.1) is 23.3 Å². The highest BCUT2D eigenvalue weighted by molar-refractivity contribution is 8.01. The molecule has 1 fully saturated rings. The van der Waals surface area contributed by atoms with Crippen molar-refractivity contribution in [2.75, 3.05) is 37.0 Å². The number of carbonyl (C=O) groups is 3. The molecule has 3 atom stereocenters. The lowest BCUT2D eigenvalue weighted by molar-refractivity contribution is -0.146. The Kier molecular flexibility index (Phi) is 9.80. The molecule has 186 valence electrons. The Labute approximate surface area is 207 Å². The minimum absolute atomic E-state index is 0.0294. The second-order valence-corrected chi connectivity index (χ2v) is 10.6. The molecule has 3 unspecified atom stereocenters. The summed E-state index contributed by atoms with van der Waals surface area (Å²) in [5.74, 6) is -1.35. The number of nitrogens with zero attached hydrogens (tertiary/aromatic N) is 3. The van der Waals surface area contributed by atoms with Gasteiger partial charge < -0.3 is 19.9 Å². The molecular formula is C25H36N4O4S. The van der Waals surface area contributed by atoms with Gasteiger partial charge in [-0.3, -0.25) is 14.4 Å². The molecule has 0 aliphatic carbocycles. The molecule has 34 heavy (non-hydrogen) atoms. The molecule has 0 spiro atoms. The molecule has 1 aliphatic heterocycles. The second kappa shape index (κ2) is 12.1. The van der Waals surface area contributed by atoms with Gasteiger partial charge in [0.2, 0.25) is 11.8 Å². The lowest BCUT2D eigenvalue weighted by atomic mass is 9.94. The minimum atomic E-state index is -0.883. The number of amides is 2. The highest BCUT2D eigenvalue weighted by Crippen LogP contribution is 2.37. The summed E-state index contributed by atoms with van der Waals surface area (Å²) >= 11 is 1.51. The fourth-order valence-electron chi connectivity index (χ4n) is 3.82. The number of carbonyl (C=O) groups excluding carboxylic acids is 3. The zero-order chi connectivity index (χ0) is 25.5. The molecule has 1 N–H and O–H groups in total. The van der Waals surface area contributed by atoms with E-state index in [-0.39, 0.29) is 35.5 Å². The summed E-state index contributed by atoms with van der Waals surface area (Å²) in [6, 6.07) is 9.66. The number of rotatable bonds is 10. The molecule has 2 amide bonds. The van der Waals surface area contributed by atoms with Crippen LogP contribution in [0, 0.1) is 22.7 Å². The Balaban J connectivity index is 1.97. The normalized spacial score (nSPS) is 18.9. The van der Waals surface area contributed by atoms with E-state index in [0.717, 1.165) is 11.4 Å². The minimum Gasteiger partial charge on any atom is -0.465 e. The van der Waals surface area contributed by atoms with Crippen LogP contribution in [0.5, 0.6) is 0 Å². The summed E-state index contributed by atoms with van der Waals surface area (Å²) in [5.41, 5.74) is 1.20. The van der Waals surface area contributed by atoms with Crippen LogP contribution < -0.4 is 10.2 Å². The number of ether oxygens (including phenoxy) is 1. The number of nitrogens with one attached hydrogen (secondary N) is 1. The number of benzene rings is 1. The van der Waals surface area contributed by atoms with Crippen LogP contribution in [-0.4, -0.2) is 60.1 Å². The molecule has 0 radical (unpaired) electrons. The summed E-state index contributed by atoms with van der Waals surface area (Å²) in [7, 11) is 1.77. The van der Waals surface area contributed by atoms with Crippen LogP contribution >= 0.6 is 11.8 Å². The lowest BCUT2D eigenvalue weighted by Gasteiger charge is -2.26. The first kappa shape index (κ1) is 27.5. The van der Waals surface area contributed by atoms with Crippen molar-refractivity contribution in [1.82, 2.24) is 4.90 Å². The molecule has 8 nitrogen and oxygen atoms in total. The molecule has 1 aliphatic rings. The first-order valence-corrected chi connectivity index (χ1v) is 12.6. The number of esters is 1. The average Bonchev–Trinajstić information content (AvgIpc) is 3.10. The molecule has 1 aromatic rings. The van der Waals surface area contributed by atoms with Crippen molar-refractivity contribution in [1.29, 1.82) is 5.26 Å². The second-order valence-electron chi connectivity index (χ2n) is 9.25. The summed E-state index contributed by atoms with van der Waals surface area (Å²) in [4.78, 5) is 40.9. The van der Waals surface area contributed by atoms with Gasteiger partial charge in [-0.2, -0.15) is 5.26 Å². The first-order valence-electron chi connectivity index (χ1n) is 11.7. The number of anilines is 2. The van der Waals surface area contributed by atoms with Gasteiger partial charge in [-0.25, -0.2) is 0 Å². The van der Waals surface area contributed by atoms with Crippen molar-refractivity contribution in [3.63, 3.8) is 0 Å². The molecule has 1 heterocycles. The Morgan fingerprint density at radius 2 is 2.03 bits per heavy atom. The van der Waals surface area contributed by atoms with Crippen LogP contribution in [0.4, 0.5) is 11.4 Å². The topological polar surface area (TPSA) is 103 Å². The monoisotopic (exact) mass is 488 g/mol. The fourth-order valence-corrected chi connectivity index (χ4v) is 5.41. The smallest absolute Gasteiger partial charge is 0.323 e. The summed E-state index contributed by atoms with van der Waals surface area (Å²) < 4.78 is 4.99. The van der Waals surface area contributed by atoms with E-state index in [1.807, 2.05) is 58.0 Å². The lowest BCUT2D eigenvalue weighted by Crippen LogP contribution is -2.36.